The molecule has 0 aliphatic rings. The van der Waals surface area contributed by atoms with Gasteiger partial charge in [-0.05, 0) is 12.1 Å². The van der Waals surface area contributed by atoms with Gasteiger partial charge in [0.1, 0.15) is 22.9 Å². The van der Waals surface area contributed by atoms with Gasteiger partial charge in [-0.1, -0.05) is 12.1 Å². The number of nitrogens with one attached hydrogen (secondary N) is 1. The van der Waals surface area contributed by atoms with Gasteiger partial charge in [-0.15, -0.1) is 0 Å². The Balaban J connectivity index is 2.32. The summed E-state index contributed by atoms with van der Waals surface area (Å²) in [6.45, 7) is 0. The lowest BCUT2D eigenvalue weighted by Crippen LogP contribution is -2.01. The van der Waals surface area contributed by atoms with E-state index in [2.05, 4.69) is 15.3 Å². The van der Waals surface area contributed by atoms with Gasteiger partial charge < -0.3 is 10.5 Å². The molecule has 0 atom stereocenters. The molecule has 0 saturated heterocycles. The van der Waals surface area contributed by atoms with E-state index in [9.17, 15) is 8.78 Å². The van der Waals surface area contributed by atoms with Crippen molar-refractivity contribution in [2.24, 2.45) is 0 Å². The molecule has 0 spiro atoms. The summed E-state index contributed by atoms with van der Waals surface area (Å²) in [5.41, 5.74) is 5.99. The normalized spacial score (nSPS) is 11.4. The zero-order valence-corrected chi connectivity index (χ0v) is 10.5. The Morgan fingerprint density at radius 2 is 2.10 bits per heavy atom. The highest BCUT2D eigenvalue weighted by molar-refractivity contribution is 5.90. The van der Waals surface area contributed by atoms with Crippen LogP contribution in [0, 0.1) is 0 Å². The Labute approximate surface area is 112 Å². The van der Waals surface area contributed by atoms with E-state index >= 15 is 0 Å². The molecule has 20 heavy (non-hydrogen) atoms. The smallest absolute Gasteiger partial charge is 0.282 e. The van der Waals surface area contributed by atoms with Gasteiger partial charge in [0.05, 0.1) is 12.5 Å². The molecule has 104 valence electrons. The third kappa shape index (κ3) is 1.68. The van der Waals surface area contributed by atoms with Crippen LogP contribution in [0.5, 0.6) is 5.75 Å². The molecule has 3 N–H and O–H groups in total. The summed E-state index contributed by atoms with van der Waals surface area (Å²) in [5, 5.41) is 10.5. The van der Waals surface area contributed by atoms with Crippen LogP contribution in [0.15, 0.2) is 24.3 Å². The number of aromatic amines is 1. The van der Waals surface area contributed by atoms with Crippen molar-refractivity contribution >= 4 is 16.9 Å². The predicted molar refractivity (Wildman–Crippen MR) is 69.1 cm³/mol. The van der Waals surface area contributed by atoms with Gasteiger partial charge in [-0.2, -0.15) is 10.2 Å². The van der Waals surface area contributed by atoms with Crippen molar-refractivity contribution in [2.75, 3.05) is 12.8 Å². The number of fused-ring (bicyclic) bond motifs is 1. The second kappa shape index (κ2) is 4.48. The maximum atomic E-state index is 13.1. The predicted octanol–water partition coefficient (Wildman–Crippen LogP) is 2.28. The zero-order chi connectivity index (χ0) is 14.3. The highest BCUT2D eigenvalue weighted by atomic mass is 19.3. The summed E-state index contributed by atoms with van der Waals surface area (Å²) in [4.78, 5) is 0. The minimum atomic E-state index is -2.74. The van der Waals surface area contributed by atoms with E-state index in [4.69, 9.17) is 10.5 Å². The fraction of sp³-hybridized carbons (Fsp3) is 0.167. The average Bonchev–Trinajstić information content (AvgIpc) is 3.00. The zero-order valence-electron chi connectivity index (χ0n) is 10.5. The number of H-pyrrole nitrogens is 1. The van der Waals surface area contributed by atoms with Gasteiger partial charge in [-0.3, -0.25) is 5.10 Å². The Morgan fingerprint density at radius 3 is 2.80 bits per heavy atom. The summed E-state index contributed by atoms with van der Waals surface area (Å²) in [6, 6.07) is 6.94. The maximum Gasteiger partial charge on any atom is 0.282 e. The van der Waals surface area contributed by atoms with Gasteiger partial charge in [0.15, 0.2) is 5.65 Å². The van der Waals surface area contributed by atoms with Gasteiger partial charge in [0, 0.05) is 0 Å². The number of methoxy groups -OCH3 is 1. The topological polar surface area (TPSA) is 81.8 Å². The number of halogens is 2. The van der Waals surface area contributed by atoms with Crippen molar-refractivity contribution in [3.05, 3.63) is 30.0 Å². The quantitative estimate of drug-likeness (QED) is 0.770. The van der Waals surface area contributed by atoms with Crippen LogP contribution in [0.2, 0.25) is 0 Å². The van der Waals surface area contributed by atoms with Crippen LogP contribution in [-0.4, -0.2) is 27.1 Å². The number of nitrogens with two attached hydrogens (primary N) is 1. The van der Waals surface area contributed by atoms with Crippen molar-refractivity contribution in [1.29, 1.82) is 0 Å². The van der Waals surface area contributed by atoms with E-state index in [1.807, 2.05) is 0 Å². The van der Waals surface area contributed by atoms with E-state index in [0.29, 0.717) is 11.4 Å². The molecule has 0 bridgehead atoms. The molecular weight excluding hydrogens is 268 g/mol. The van der Waals surface area contributed by atoms with Crippen LogP contribution in [0.25, 0.3) is 16.7 Å². The molecule has 0 amide bonds. The number of rotatable bonds is 3. The van der Waals surface area contributed by atoms with E-state index in [1.54, 1.807) is 24.3 Å². The molecule has 0 aliphatic heterocycles. The van der Waals surface area contributed by atoms with Crippen LogP contribution in [-0.2, 0) is 0 Å². The van der Waals surface area contributed by atoms with Crippen molar-refractivity contribution in [3.8, 4) is 11.4 Å². The van der Waals surface area contributed by atoms with E-state index < -0.39 is 12.1 Å². The SMILES string of the molecule is COc1ccccc1-n1nc(C(F)F)c2c(N)[nH]nc21. The number of ether oxygens (including phenoxy) is 1. The van der Waals surface area contributed by atoms with Crippen molar-refractivity contribution < 1.29 is 13.5 Å². The number of nitrogens with zero attached hydrogens (tertiary/aromatic N) is 3. The molecule has 2 heterocycles. The first-order valence-corrected chi connectivity index (χ1v) is 5.77. The van der Waals surface area contributed by atoms with Crippen LogP contribution >= 0.6 is 0 Å². The third-order valence-electron chi connectivity index (χ3n) is 2.96. The first-order valence-electron chi connectivity index (χ1n) is 5.77. The minimum Gasteiger partial charge on any atom is -0.494 e. The summed E-state index contributed by atoms with van der Waals surface area (Å²) < 4.78 is 32.6. The van der Waals surface area contributed by atoms with Crippen molar-refractivity contribution in [1.82, 2.24) is 20.0 Å². The van der Waals surface area contributed by atoms with Crippen LogP contribution in [0.3, 0.4) is 0 Å². The third-order valence-corrected chi connectivity index (χ3v) is 2.96. The summed E-state index contributed by atoms with van der Waals surface area (Å²) in [5.74, 6) is 0.565. The van der Waals surface area contributed by atoms with Gasteiger partial charge in [0.25, 0.3) is 6.43 Å². The fourth-order valence-electron chi connectivity index (χ4n) is 2.08. The number of hydrogen-bond acceptors (Lipinski definition) is 4. The number of aromatic nitrogens is 4. The molecule has 0 unspecified atom stereocenters. The van der Waals surface area contributed by atoms with Crippen LogP contribution in [0.4, 0.5) is 14.6 Å². The highest BCUT2D eigenvalue weighted by Gasteiger charge is 2.24. The van der Waals surface area contributed by atoms with Gasteiger partial charge in [0.2, 0.25) is 0 Å². The molecule has 0 fully saturated rings. The van der Waals surface area contributed by atoms with Crippen molar-refractivity contribution in [3.63, 3.8) is 0 Å². The number of nitrogen functional groups attached to an aromatic ring is 1. The molecule has 0 saturated carbocycles. The number of alkyl halides is 2. The summed E-state index contributed by atoms with van der Waals surface area (Å²) >= 11 is 0. The molecule has 8 heteroatoms. The van der Waals surface area contributed by atoms with Crippen LogP contribution in [0.1, 0.15) is 12.1 Å². The lowest BCUT2D eigenvalue weighted by molar-refractivity contribution is 0.147. The second-order valence-corrected chi connectivity index (χ2v) is 4.11. The lowest BCUT2D eigenvalue weighted by Gasteiger charge is -2.07. The number of hydrogen-bond donors (Lipinski definition) is 2. The highest BCUT2D eigenvalue weighted by Crippen LogP contribution is 2.33. The Hall–Kier alpha value is -2.64. The Bertz CT molecular complexity index is 764. The van der Waals surface area contributed by atoms with E-state index in [-0.39, 0.29) is 16.9 Å². The largest absolute Gasteiger partial charge is 0.494 e. The monoisotopic (exact) mass is 279 g/mol. The Morgan fingerprint density at radius 1 is 1.35 bits per heavy atom. The lowest BCUT2D eigenvalue weighted by atomic mass is 10.3. The molecule has 3 rings (SSSR count). The molecular formula is C12H11F2N5O. The standard InChI is InChI=1S/C12H11F2N5O/c1-20-7-5-3-2-4-6(7)19-12-8(11(15)16-17-12)9(18-19)10(13)14/h2-5,10H,1H3,(H3,15,16,17). The van der Waals surface area contributed by atoms with E-state index in [0.717, 1.165) is 0 Å². The first kappa shape index (κ1) is 12.4. The van der Waals surface area contributed by atoms with Crippen LogP contribution < -0.4 is 10.5 Å². The minimum absolute atomic E-state index is 0.0662. The van der Waals surface area contributed by atoms with Gasteiger partial charge >= 0.3 is 0 Å². The molecule has 3 aromatic rings. The molecule has 1 aromatic carbocycles. The Kier molecular flexibility index (Phi) is 2.78. The number of anilines is 1. The number of benzene rings is 1. The first-order chi connectivity index (χ1) is 9.63. The fourth-order valence-corrected chi connectivity index (χ4v) is 2.08. The molecule has 6 nitrogen and oxygen atoms in total. The van der Waals surface area contributed by atoms with Crippen molar-refractivity contribution in [2.45, 2.75) is 6.43 Å². The maximum absolute atomic E-state index is 13.1. The van der Waals surface area contributed by atoms with Gasteiger partial charge in [-0.25, -0.2) is 13.5 Å². The molecule has 2 aromatic heterocycles. The molecule has 0 aliphatic carbocycles. The average molecular weight is 279 g/mol. The molecule has 0 radical (unpaired) electrons. The second-order valence-electron chi connectivity index (χ2n) is 4.11. The number of para-hydroxylation sites is 2. The van der Waals surface area contributed by atoms with E-state index in [1.165, 1.54) is 11.8 Å². The summed E-state index contributed by atoms with van der Waals surface area (Å²) in [7, 11) is 1.49. The summed E-state index contributed by atoms with van der Waals surface area (Å²) in [6.07, 6.45) is -2.74.